The number of benzene rings is 1. The third-order valence-electron chi connectivity index (χ3n) is 7.83. The molecule has 1 unspecified atom stereocenters. The molecule has 3 aliphatic heterocycles. The molecule has 2 atom stereocenters. The molecule has 0 saturated carbocycles. The summed E-state index contributed by atoms with van der Waals surface area (Å²) in [4.78, 5) is 18.1. The standard InChI is InChI=1S/C25H34F3N7O2/c1-17(34-14-13-32(2)23(36)15-34)16-37-20-5-3-18(4-6-20)19-9-11-33(12-10-19)22-8-7-21-29-30-24(25(26,27)28)35(21)31-22/h3-6,17,19,22,31H,7-16H2,1-2H3/t17-,22?/m0/s1. The third kappa shape index (κ3) is 5.69. The van der Waals surface area contributed by atoms with Crippen LogP contribution in [0.3, 0.4) is 0 Å². The van der Waals surface area contributed by atoms with Crippen LogP contribution in [-0.4, -0.2) is 94.1 Å². The number of fused-ring (bicyclic) bond motifs is 1. The van der Waals surface area contributed by atoms with Crippen molar-refractivity contribution in [2.75, 3.05) is 51.8 Å². The summed E-state index contributed by atoms with van der Waals surface area (Å²) in [6.07, 6.45) is -1.66. The number of rotatable bonds is 6. The molecule has 202 valence electrons. The van der Waals surface area contributed by atoms with E-state index in [-0.39, 0.29) is 18.1 Å². The van der Waals surface area contributed by atoms with Crippen molar-refractivity contribution >= 4 is 5.91 Å². The minimum atomic E-state index is -4.54. The Morgan fingerprint density at radius 2 is 1.81 bits per heavy atom. The number of ether oxygens (including phenoxy) is 1. The molecule has 9 nitrogen and oxygen atoms in total. The van der Waals surface area contributed by atoms with Crippen LogP contribution >= 0.6 is 0 Å². The summed E-state index contributed by atoms with van der Waals surface area (Å²) in [5.41, 5.74) is 4.24. The zero-order chi connectivity index (χ0) is 26.2. The minimum absolute atomic E-state index is 0.141. The first-order valence-corrected chi connectivity index (χ1v) is 12.9. The zero-order valence-electron chi connectivity index (χ0n) is 21.2. The zero-order valence-corrected chi connectivity index (χ0v) is 21.2. The van der Waals surface area contributed by atoms with Crippen LogP contribution in [0.5, 0.6) is 5.75 Å². The number of piperidine rings is 1. The number of aromatic nitrogens is 3. The molecule has 1 amide bonds. The van der Waals surface area contributed by atoms with E-state index in [9.17, 15) is 18.0 Å². The largest absolute Gasteiger partial charge is 0.492 e. The lowest BCUT2D eigenvalue weighted by atomic mass is 9.89. The van der Waals surface area contributed by atoms with Crippen LogP contribution in [0.15, 0.2) is 24.3 Å². The molecule has 1 aromatic carbocycles. The molecule has 12 heteroatoms. The van der Waals surface area contributed by atoms with Crippen molar-refractivity contribution in [3.8, 4) is 5.75 Å². The van der Waals surface area contributed by atoms with E-state index in [0.717, 1.165) is 49.4 Å². The summed E-state index contributed by atoms with van der Waals surface area (Å²) >= 11 is 0. The van der Waals surface area contributed by atoms with Crippen LogP contribution in [0.1, 0.15) is 49.3 Å². The first-order valence-electron chi connectivity index (χ1n) is 12.9. The van der Waals surface area contributed by atoms with E-state index in [0.29, 0.717) is 37.7 Å². The minimum Gasteiger partial charge on any atom is -0.492 e. The smallest absolute Gasteiger partial charge is 0.453 e. The molecule has 0 radical (unpaired) electrons. The van der Waals surface area contributed by atoms with Gasteiger partial charge in [-0.3, -0.25) is 14.6 Å². The maximum absolute atomic E-state index is 13.2. The molecular weight excluding hydrogens is 487 g/mol. The van der Waals surface area contributed by atoms with Gasteiger partial charge in [0, 0.05) is 45.7 Å². The normalized spacial score (nSPS) is 23.0. The Labute approximate surface area is 214 Å². The van der Waals surface area contributed by atoms with E-state index in [4.69, 9.17) is 4.74 Å². The van der Waals surface area contributed by atoms with E-state index in [2.05, 4.69) is 44.5 Å². The number of nitrogens with zero attached hydrogens (tertiary/aromatic N) is 6. The van der Waals surface area contributed by atoms with Gasteiger partial charge in [-0.25, -0.2) is 4.68 Å². The Morgan fingerprint density at radius 3 is 2.49 bits per heavy atom. The molecule has 0 aliphatic carbocycles. The second-order valence-corrected chi connectivity index (χ2v) is 10.3. The Morgan fingerprint density at radius 1 is 1.08 bits per heavy atom. The molecule has 4 heterocycles. The lowest BCUT2D eigenvalue weighted by Crippen LogP contribution is -2.52. The quantitative estimate of drug-likeness (QED) is 0.626. The first kappa shape index (κ1) is 25.8. The summed E-state index contributed by atoms with van der Waals surface area (Å²) in [5.74, 6) is 0.691. The molecule has 1 N–H and O–H groups in total. The van der Waals surface area contributed by atoms with E-state index in [1.54, 1.807) is 4.90 Å². The van der Waals surface area contributed by atoms with Crippen LogP contribution in [0, 0.1) is 0 Å². The number of hydrogen-bond donors (Lipinski definition) is 1. The number of halogens is 3. The Kier molecular flexibility index (Phi) is 7.30. The van der Waals surface area contributed by atoms with Gasteiger partial charge < -0.3 is 15.1 Å². The Balaban J connectivity index is 1.10. The number of aryl methyl sites for hydroxylation is 1. The molecule has 0 bridgehead atoms. The van der Waals surface area contributed by atoms with Crippen LogP contribution in [0.25, 0.3) is 0 Å². The van der Waals surface area contributed by atoms with E-state index in [1.807, 2.05) is 19.2 Å². The van der Waals surface area contributed by atoms with Crippen LogP contribution in [-0.2, 0) is 17.4 Å². The van der Waals surface area contributed by atoms with Gasteiger partial charge in [0.2, 0.25) is 5.91 Å². The molecule has 3 aliphatic rings. The van der Waals surface area contributed by atoms with E-state index in [1.165, 1.54) is 5.56 Å². The first-order chi connectivity index (χ1) is 17.7. The highest BCUT2D eigenvalue weighted by atomic mass is 19.4. The van der Waals surface area contributed by atoms with Crippen molar-refractivity contribution in [2.45, 2.75) is 56.9 Å². The number of hydrogen-bond acceptors (Lipinski definition) is 7. The van der Waals surface area contributed by atoms with E-state index >= 15 is 0 Å². The second kappa shape index (κ2) is 10.5. The van der Waals surface area contributed by atoms with Crippen molar-refractivity contribution in [1.82, 2.24) is 29.6 Å². The van der Waals surface area contributed by atoms with Gasteiger partial charge in [0.05, 0.1) is 12.7 Å². The van der Waals surface area contributed by atoms with Crippen molar-refractivity contribution in [3.05, 3.63) is 41.5 Å². The molecule has 5 rings (SSSR count). The fourth-order valence-electron chi connectivity index (χ4n) is 5.40. The van der Waals surface area contributed by atoms with Gasteiger partial charge in [-0.1, -0.05) is 12.1 Å². The van der Waals surface area contributed by atoms with Crippen molar-refractivity contribution in [1.29, 1.82) is 0 Å². The number of nitrogens with one attached hydrogen (secondary N) is 1. The third-order valence-corrected chi connectivity index (χ3v) is 7.83. The predicted octanol–water partition coefficient (Wildman–Crippen LogP) is 2.53. The maximum Gasteiger partial charge on any atom is 0.453 e. The topological polar surface area (TPSA) is 78.8 Å². The van der Waals surface area contributed by atoms with Gasteiger partial charge in [0.1, 0.15) is 12.4 Å². The number of piperazine rings is 1. The van der Waals surface area contributed by atoms with Gasteiger partial charge in [-0.05, 0) is 49.8 Å². The SMILES string of the molecule is C[C@@H](COc1ccc(C2CCN(C3CCc4nnc(C(F)(F)F)n4N3)CC2)cc1)N1CCN(C)C(=O)C1. The highest BCUT2D eigenvalue weighted by Crippen LogP contribution is 2.33. The molecule has 0 spiro atoms. The van der Waals surface area contributed by atoms with Gasteiger partial charge in [0.15, 0.2) is 5.82 Å². The molecular formula is C25H34F3N7O2. The van der Waals surface area contributed by atoms with Crippen molar-refractivity contribution < 1.29 is 22.7 Å². The lowest BCUT2D eigenvalue weighted by molar-refractivity contribution is -0.147. The fourth-order valence-corrected chi connectivity index (χ4v) is 5.40. The number of likely N-dealkylation sites (N-methyl/N-ethyl adjacent to an activating group) is 1. The summed E-state index contributed by atoms with van der Waals surface area (Å²) in [6, 6.07) is 8.36. The molecule has 2 aromatic rings. The summed E-state index contributed by atoms with van der Waals surface area (Å²) in [5, 5.41) is 7.04. The monoisotopic (exact) mass is 521 g/mol. The van der Waals surface area contributed by atoms with Crippen LogP contribution in [0.2, 0.25) is 0 Å². The Bertz CT molecular complexity index is 1080. The van der Waals surface area contributed by atoms with Gasteiger partial charge in [-0.15, -0.1) is 10.2 Å². The Hall–Kier alpha value is -2.86. The van der Waals surface area contributed by atoms with Crippen molar-refractivity contribution in [2.24, 2.45) is 0 Å². The summed E-state index contributed by atoms with van der Waals surface area (Å²) in [6.45, 7) is 6.23. The van der Waals surface area contributed by atoms with Gasteiger partial charge >= 0.3 is 6.18 Å². The van der Waals surface area contributed by atoms with Gasteiger partial charge in [0.25, 0.3) is 5.82 Å². The number of amides is 1. The molecule has 2 saturated heterocycles. The van der Waals surface area contributed by atoms with Crippen molar-refractivity contribution in [3.63, 3.8) is 0 Å². The second-order valence-electron chi connectivity index (χ2n) is 10.3. The lowest BCUT2D eigenvalue weighted by Gasteiger charge is -2.40. The number of likely N-dealkylation sites (tertiary alicyclic amines) is 1. The number of carbonyl (C=O) groups excluding carboxylic acids is 1. The number of carbonyl (C=O) groups is 1. The molecule has 1 aromatic heterocycles. The summed E-state index contributed by atoms with van der Waals surface area (Å²) in [7, 11) is 1.83. The molecule has 37 heavy (non-hydrogen) atoms. The molecule has 2 fully saturated rings. The highest BCUT2D eigenvalue weighted by Gasteiger charge is 2.41. The average Bonchev–Trinajstić information content (AvgIpc) is 3.33. The van der Waals surface area contributed by atoms with E-state index < -0.39 is 12.0 Å². The average molecular weight is 522 g/mol. The van der Waals surface area contributed by atoms with Gasteiger partial charge in [-0.2, -0.15) is 13.2 Å². The predicted molar refractivity (Wildman–Crippen MR) is 131 cm³/mol. The maximum atomic E-state index is 13.2. The summed E-state index contributed by atoms with van der Waals surface area (Å²) < 4.78 is 46.7. The highest BCUT2D eigenvalue weighted by molar-refractivity contribution is 5.78. The van der Waals surface area contributed by atoms with Crippen LogP contribution in [0.4, 0.5) is 13.2 Å². The number of alkyl halides is 3. The van der Waals surface area contributed by atoms with Crippen LogP contribution < -0.4 is 10.2 Å². The fraction of sp³-hybridized carbons (Fsp3) is 0.640.